The van der Waals surface area contributed by atoms with Gasteiger partial charge in [0.25, 0.3) is 0 Å². The average Bonchev–Trinajstić information content (AvgIpc) is 2.72. The molecule has 28 heavy (non-hydrogen) atoms. The molecule has 2 aromatic carbocycles. The molecule has 7 heteroatoms. The third kappa shape index (κ3) is 5.34. The fourth-order valence-corrected chi connectivity index (χ4v) is 4.85. The number of halogens is 1. The third-order valence-corrected chi connectivity index (χ3v) is 7.08. The predicted molar refractivity (Wildman–Crippen MR) is 111 cm³/mol. The van der Waals surface area contributed by atoms with Crippen molar-refractivity contribution in [2.24, 2.45) is 0 Å². The van der Waals surface area contributed by atoms with Crippen LogP contribution < -0.4 is 0 Å². The lowest BCUT2D eigenvalue weighted by Gasteiger charge is -2.29. The molecular formula is C21H25ClN2O3S. The van der Waals surface area contributed by atoms with Crippen LogP contribution >= 0.6 is 11.6 Å². The smallest absolute Gasteiger partial charge is 0.243 e. The number of carbonyl (C=O) groups is 1. The minimum absolute atomic E-state index is 0.134. The maximum Gasteiger partial charge on any atom is 0.243 e. The Labute approximate surface area is 172 Å². The van der Waals surface area contributed by atoms with Crippen LogP contribution in [0.3, 0.4) is 0 Å². The van der Waals surface area contributed by atoms with E-state index in [9.17, 15) is 13.2 Å². The number of carbonyl (C=O) groups excluding carboxylic acids is 1. The van der Waals surface area contributed by atoms with Crippen LogP contribution in [0.15, 0.2) is 59.5 Å². The second-order valence-electron chi connectivity index (χ2n) is 6.97. The van der Waals surface area contributed by atoms with Gasteiger partial charge in [0.05, 0.1) is 11.4 Å². The van der Waals surface area contributed by atoms with E-state index in [-0.39, 0.29) is 23.9 Å². The Hall–Kier alpha value is -1.89. The van der Waals surface area contributed by atoms with Crippen molar-refractivity contribution in [1.29, 1.82) is 0 Å². The molecule has 0 bridgehead atoms. The molecule has 0 saturated carbocycles. The van der Waals surface area contributed by atoms with E-state index in [1.807, 2.05) is 30.3 Å². The lowest BCUT2D eigenvalue weighted by Crippen LogP contribution is -2.45. The maximum absolute atomic E-state index is 13.2. The first-order chi connectivity index (χ1) is 13.5. The molecule has 0 N–H and O–H groups in total. The van der Waals surface area contributed by atoms with Crippen LogP contribution in [0.2, 0.25) is 5.02 Å². The number of benzene rings is 2. The van der Waals surface area contributed by atoms with Gasteiger partial charge in [-0.05, 0) is 55.5 Å². The molecule has 150 valence electrons. The molecule has 5 nitrogen and oxygen atoms in total. The summed E-state index contributed by atoms with van der Waals surface area (Å²) in [5, 5.41) is 0.471. The Bertz CT molecular complexity index is 880. The second kappa shape index (κ2) is 9.54. The van der Waals surface area contributed by atoms with Crippen LogP contribution in [0, 0.1) is 0 Å². The number of hydrogen-bond acceptors (Lipinski definition) is 3. The summed E-state index contributed by atoms with van der Waals surface area (Å²) in [5.74, 6) is -0.134. The van der Waals surface area contributed by atoms with Crippen molar-refractivity contribution in [3.05, 3.63) is 65.2 Å². The minimum atomic E-state index is -3.79. The largest absolute Gasteiger partial charge is 0.342 e. The highest BCUT2D eigenvalue weighted by molar-refractivity contribution is 7.89. The van der Waals surface area contributed by atoms with Crippen LogP contribution in [0.4, 0.5) is 0 Å². The third-order valence-electron chi connectivity index (χ3n) is 4.96. The monoisotopic (exact) mass is 420 g/mol. The van der Waals surface area contributed by atoms with E-state index >= 15 is 0 Å². The summed E-state index contributed by atoms with van der Waals surface area (Å²) in [7, 11) is -3.79. The van der Waals surface area contributed by atoms with Crippen LogP contribution in [-0.4, -0.2) is 49.7 Å². The Kier molecular flexibility index (Phi) is 7.10. The summed E-state index contributed by atoms with van der Waals surface area (Å²) >= 11 is 5.90. The van der Waals surface area contributed by atoms with Gasteiger partial charge in [0.1, 0.15) is 0 Å². The molecule has 3 rings (SSSR count). The Morgan fingerprint density at radius 1 is 0.964 bits per heavy atom. The quantitative estimate of drug-likeness (QED) is 0.687. The summed E-state index contributed by atoms with van der Waals surface area (Å²) in [6, 6.07) is 15.8. The zero-order valence-corrected chi connectivity index (χ0v) is 17.3. The first-order valence-electron chi connectivity index (χ1n) is 9.54. The van der Waals surface area contributed by atoms with E-state index in [4.69, 9.17) is 11.6 Å². The summed E-state index contributed by atoms with van der Waals surface area (Å²) < 4.78 is 27.7. The van der Waals surface area contributed by atoms with Gasteiger partial charge in [-0.2, -0.15) is 4.31 Å². The van der Waals surface area contributed by atoms with Gasteiger partial charge in [0, 0.05) is 24.7 Å². The molecule has 1 saturated heterocycles. The number of likely N-dealkylation sites (tertiary alicyclic amines) is 1. The molecule has 2 aromatic rings. The number of piperidine rings is 1. The lowest BCUT2D eigenvalue weighted by molar-refractivity contribution is -0.132. The molecule has 1 heterocycles. The molecule has 0 aromatic heterocycles. The zero-order valence-electron chi connectivity index (χ0n) is 15.8. The van der Waals surface area contributed by atoms with Gasteiger partial charge >= 0.3 is 0 Å². The summed E-state index contributed by atoms with van der Waals surface area (Å²) in [5.41, 5.74) is 1.03. The number of amides is 1. The highest BCUT2D eigenvalue weighted by Gasteiger charge is 2.28. The molecule has 1 amide bonds. The Balaban J connectivity index is 1.80. The molecule has 1 fully saturated rings. The van der Waals surface area contributed by atoms with Crippen LogP contribution in [-0.2, 0) is 21.2 Å². The van der Waals surface area contributed by atoms with Crippen molar-refractivity contribution in [2.75, 3.05) is 26.2 Å². The zero-order chi connectivity index (χ0) is 20.0. The number of hydrogen-bond donors (Lipinski definition) is 0. The van der Waals surface area contributed by atoms with Crippen LogP contribution in [0.25, 0.3) is 0 Å². The van der Waals surface area contributed by atoms with Crippen molar-refractivity contribution >= 4 is 27.5 Å². The SMILES string of the molecule is O=C(CN(CCc1ccccc1)S(=O)(=O)c1ccc(Cl)cc1)N1CCCCC1. The van der Waals surface area contributed by atoms with Crippen molar-refractivity contribution in [2.45, 2.75) is 30.6 Å². The number of rotatable bonds is 7. The van der Waals surface area contributed by atoms with E-state index < -0.39 is 10.0 Å². The fourth-order valence-electron chi connectivity index (χ4n) is 3.33. The van der Waals surface area contributed by atoms with Crippen molar-refractivity contribution in [3.63, 3.8) is 0 Å². The van der Waals surface area contributed by atoms with Gasteiger partial charge in [0.15, 0.2) is 0 Å². The Morgan fingerprint density at radius 3 is 2.25 bits per heavy atom. The first-order valence-corrected chi connectivity index (χ1v) is 11.4. The second-order valence-corrected chi connectivity index (χ2v) is 9.34. The Morgan fingerprint density at radius 2 is 1.61 bits per heavy atom. The molecule has 0 radical (unpaired) electrons. The van der Waals surface area contributed by atoms with E-state index in [1.54, 1.807) is 17.0 Å². The van der Waals surface area contributed by atoms with Crippen molar-refractivity contribution < 1.29 is 13.2 Å². The molecule has 0 spiro atoms. The molecule has 1 aliphatic rings. The van der Waals surface area contributed by atoms with Crippen molar-refractivity contribution in [3.8, 4) is 0 Å². The van der Waals surface area contributed by atoms with Gasteiger partial charge < -0.3 is 4.90 Å². The van der Waals surface area contributed by atoms with E-state index in [0.29, 0.717) is 24.5 Å². The highest BCUT2D eigenvalue weighted by Crippen LogP contribution is 2.20. The predicted octanol–water partition coefficient (Wildman–Crippen LogP) is 3.59. The summed E-state index contributed by atoms with van der Waals surface area (Å²) in [6.07, 6.45) is 3.60. The van der Waals surface area contributed by atoms with E-state index in [1.165, 1.54) is 16.4 Å². The van der Waals surface area contributed by atoms with Crippen LogP contribution in [0.1, 0.15) is 24.8 Å². The lowest BCUT2D eigenvalue weighted by atomic mass is 10.1. The van der Waals surface area contributed by atoms with Crippen LogP contribution in [0.5, 0.6) is 0 Å². The van der Waals surface area contributed by atoms with Gasteiger partial charge in [-0.1, -0.05) is 41.9 Å². The standard InChI is InChI=1S/C21H25ClN2O3S/c22-19-9-11-20(12-10-19)28(26,27)24(16-13-18-7-3-1-4-8-18)17-21(25)23-14-5-2-6-15-23/h1,3-4,7-12H,2,5-6,13-17H2. The van der Waals surface area contributed by atoms with Gasteiger partial charge in [0.2, 0.25) is 15.9 Å². The number of nitrogens with zero attached hydrogens (tertiary/aromatic N) is 2. The summed E-state index contributed by atoms with van der Waals surface area (Å²) in [4.78, 5) is 14.7. The van der Waals surface area contributed by atoms with Gasteiger partial charge in [-0.15, -0.1) is 0 Å². The van der Waals surface area contributed by atoms with Gasteiger partial charge in [-0.25, -0.2) is 8.42 Å². The van der Waals surface area contributed by atoms with E-state index in [0.717, 1.165) is 24.8 Å². The molecule has 0 atom stereocenters. The molecular weight excluding hydrogens is 396 g/mol. The minimum Gasteiger partial charge on any atom is -0.342 e. The van der Waals surface area contributed by atoms with Crippen molar-refractivity contribution in [1.82, 2.24) is 9.21 Å². The fraction of sp³-hybridized carbons (Fsp3) is 0.381. The summed E-state index contributed by atoms with van der Waals surface area (Å²) in [6.45, 7) is 1.51. The normalized spacial score (nSPS) is 15.0. The highest BCUT2D eigenvalue weighted by atomic mass is 35.5. The van der Waals surface area contributed by atoms with Gasteiger partial charge in [-0.3, -0.25) is 4.79 Å². The average molecular weight is 421 g/mol. The topological polar surface area (TPSA) is 57.7 Å². The first kappa shape index (κ1) is 20.8. The van der Waals surface area contributed by atoms with E-state index in [2.05, 4.69) is 0 Å². The molecule has 1 aliphatic heterocycles. The molecule has 0 unspecified atom stereocenters. The number of sulfonamides is 1. The molecule has 0 aliphatic carbocycles. The maximum atomic E-state index is 13.2.